The van der Waals surface area contributed by atoms with Crippen LogP contribution in [0.1, 0.15) is 35.5 Å². The normalized spacial score (nSPS) is 12.4. The van der Waals surface area contributed by atoms with Crippen LogP contribution in [-0.2, 0) is 17.8 Å². The highest BCUT2D eigenvalue weighted by Gasteiger charge is 2.26. The minimum Gasteiger partial charge on any atom is -0.359 e. The van der Waals surface area contributed by atoms with E-state index in [1.165, 1.54) is 5.56 Å². The number of carbonyl (C=O) groups is 1. The first-order chi connectivity index (χ1) is 10.9. The fraction of sp³-hybridized carbons (Fsp3) is 0.444. The lowest BCUT2D eigenvalue weighted by molar-refractivity contribution is -0.135. The van der Waals surface area contributed by atoms with E-state index in [0.717, 1.165) is 17.7 Å². The van der Waals surface area contributed by atoms with Crippen LogP contribution in [0.2, 0.25) is 0 Å². The molecule has 0 spiro atoms. The number of benzene rings is 1. The second kappa shape index (κ2) is 7.42. The van der Waals surface area contributed by atoms with Crippen LogP contribution in [0.4, 0.5) is 0 Å². The Labute approximate surface area is 137 Å². The van der Waals surface area contributed by atoms with Crippen LogP contribution in [0.15, 0.2) is 34.9 Å². The predicted octanol–water partition coefficient (Wildman–Crippen LogP) is 2.81. The van der Waals surface area contributed by atoms with E-state index >= 15 is 0 Å². The van der Waals surface area contributed by atoms with Crippen LogP contribution in [0.3, 0.4) is 0 Å². The van der Waals surface area contributed by atoms with Gasteiger partial charge in [-0.05, 0) is 33.0 Å². The van der Waals surface area contributed by atoms with Crippen LogP contribution < -0.4 is 0 Å². The fourth-order valence-electron chi connectivity index (χ4n) is 2.53. The maximum absolute atomic E-state index is 12.9. The molecule has 1 heterocycles. The van der Waals surface area contributed by atoms with Gasteiger partial charge in [-0.3, -0.25) is 9.69 Å². The SMILES string of the molecule is CCc1cc(CN(C)C(=O)[C@H](c2ccc(C)cc2)N(C)C)on1. The minimum absolute atomic E-state index is 0.0355. The van der Waals surface area contributed by atoms with E-state index in [0.29, 0.717) is 12.3 Å². The minimum atomic E-state index is -0.311. The Kier molecular flexibility index (Phi) is 5.55. The molecule has 0 aliphatic heterocycles. The van der Waals surface area contributed by atoms with Crippen LogP contribution in [-0.4, -0.2) is 42.0 Å². The Bertz CT molecular complexity index is 647. The molecule has 0 bridgehead atoms. The predicted molar refractivity (Wildman–Crippen MR) is 90.0 cm³/mol. The molecular weight excluding hydrogens is 290 g/mol. The number of carbonyl (C=O) groups excluding carboxylic acids is 1. The molecule has 0 fully saturated rings. The molecule has 0 saturated heterocycles. The molecule has 1 aromatic heterocycles. The first-order valence-electron chi connectivity index (χ1n) is 7.84. The number of hydrogen-bond acceptors (Lipinski definition) is 4. The van der Waals surface area contributed by atoms with Gasteiger partial charge in [-0.25, -0.2) is 0 Å². The van der Waals surface area contributed by atoms with Crippen molar-refractivity contribution in [3.63, 3.8) is 0 Å². The molecular formula is C18H25N3O2. The van der Waals surface area contributed by atoms with Crippen molar-refractivity contribution in [2.24, 2.45) is 0 Å². The zero-order valence-corrected chi connectivity index (χ0v) is 14.5. The van der Waals surface area contributed by atoms with Crippen molar-refractivity contribution in [3.8, 4) is 0 Å². The van der Waals surface area contributed by atoms with E-state index < -0.39 is 0 Å². The lowest BCUT2D eigenvalue weighted by Gasteiger charge is -2.28. The van der Waals surface area contributed by atoms with E-state index in [9.17, 15) is 4.79 Å². The van der Waals surface area contributed by atoms with Crippen molar-refractivity contribution in [2.45, 2.75) is 32.9 Å². The van der Waals surface area contributed by atoms with Crippen molar-refractivity contribution in [2.75, 3.05) is 21.1 Å². The quantitative estimate of drug-likeness (QED) is 0.822. The summed E-state index contributed by atoms with van der Waals surface area (Å²) in [7, 11) is 5.63. The van der Waals surface area contributed by atoms with Crippen molar-refractivity contribution in [1.82, 2.24) is 15.0 Å². The number of aryl methyl sites for hydroxylation is 2. The average Bonchev–Trinajstić information content (AvgIpc) is 2.96. The molecule has 23 heavy (non-hydrogen) atoms. The molecule has 0 aliphatic rings. The van der Waals surface area contributed by atoms with E-state index in [4.69, 9.17) is 4.52 Å². The summed E-state index contributed by atoms with van der Waals surface area (Å²) in [5.41, 5.74) is 3.08. The van der Waals surface area contributed by atoms with Gasteiger partial charge in [0.1, 0.15) is 6.04 Å². The van der Waals surface area contributed by atoms with Crippen LogP contribution in [0.25, 0.3) is 0 Å². The average molecular weight is 315 g/mol. The molecule has 2 aromatic rings. The standard InChI is InChI=1S/C18H25N3O2/c1-6-15-11-16(23-19-15)12-21(5)18(22)17(20(3)4)14-9-7-13(2)8-10-14/h7-11,17H,6,12H2,1-5H3/t17-/m0/s1. The summed E-state index contributed by atoms with van der Waals surface area (Å²) in [6, 6.07) is 9.67. The molecule has 5 heteroatoms. The Balaban J connectivity index is 2.15. The summed E-state index contributed by atoms with van der Waals surface area (Å²) >= 11 is 0. The topological polar surface area (TPSA) is 49.6 Å². The molecule has 0 aliphatic carbocycles. The fourth-order valence-corrected chi connectivity index (χ4v) is 2.53. The lowest BCUT2D eigenvalue weighted by atomic mass is 10.0. The summed E-state index contributed by atoms with van der Waals surface area (Å²) in [5.74, 6) is 0.743. The van der Waals surface area contributed by atoms with Gasteiger partial charge in [0.2, 0.25) is 5.91 Å². The van der Waals surface area contributed by atoms with Gasteiger partial charge in [-0.2, -0.15) is 0 Å². The number of amides is 1. The van der Waals surface area contributed by atoms with E-state index in [1.54, 1.807) is 11.9 Å². The van der Waals surface area contributed by atoms with Gasteiger partial charge in [0.05, 0.1) is 12.2 Å². The molecule has 0 saturated carbocycles. The third kappa shape index (κ3) is 4.20. The van der Waals surface area contributed by atoms with Crippen molar-refractivity contribution in [3.05, 3.63) is 52.9 Å². The van der Waals surface area contributed by atoms with Gasteiger partial charge in [0.25, 0.3) is 0 Å². The molecule has 0 radical (unpaired) electrons. The van der Waals surface area contributed by atoms with Crippen molar-refractivity contribution in [1.29, 1.82) is 0 Å². The van der Waals surface area contributed by atoms with Crippen LogP contribution in [0, 0.1) is 6.92 Å². The maximum atomic E-state index is 12.9. The van der Waals surface area contributed by atoms with Gasteiger partial charge in [-0.15, -0.1) is 0 Å². The Hall–Kier alpha value is -2.14. The van der Waals surface area contributed by atoms with Gasteiger partial charge in [-0.1, -0.05) is 41.9 Å². The monoisotopic (exact) mass is 315 g/mol. The molecule has 1 aromatic carbocycles. The zero-order chi connectivity index (χ0) is 17.0. The van der Waals surface area contributed by atoms with Crippen molar-refractivity contribution < 1.29 is 9.32 Å². The summed E-state index contributed by atoms with van der Waals surface area (Å²) < 4.78 is 5.28. The molecule has 1 atom stereocenters. The molecule has 124 valence electrons. The van der Waals surface area contributed by atoms with E-state index in [2.05, 4.69) is 5.16 Å². The highest BCUT2D eigenvalue weighted by Crippen LogP contribution is 2.22. The number of aromatic nitrogens is 1. The lowest BCUT2D eigenvalue weighted by Crippen LogP contribution is -2.38. The molecule has 5 nitrogen and oxygen atoms in total. The smallest absolute Gasteiger partial charge is 0.244 e. The largest absolute Gasteiger partial charge is 0.359 e. The second-order valence-corrected chi connectivity index (χ2v) is 6.11. The van der Waals surface area contributed by atoms with Crippen molar-refractivity contribution >= 4 is 5.91 Å². The highest BCUT2D eigenvalue weighted by molar-refractivity contribution is 5.83. The molecule has 0 N–H and O–H groups in total. The molecule has 0 unspecified atom stereocenters. The van der Waals surface area contributed by atoms with Gasteiger partial charge in [0, 0.05) is 13.1 Å². The van der Waals surface area contributed by atoms with Crippen LogP contribution >= 0.6 is 0 Å². The summed E-state index contributed by atoms with van der Waals surface area (Å²) in [4.78, 5) is 16.5. The third-order valence-electron chi connectivity index (χ3n) is 3.88. The summed E-state index contributed by atoms with van der Waals surface area (Å²) in [6.07, 6.45) is 0.824. The highest BCUT2D eigenvalue weighted by atomic mass is 16.5. The number of rotatable bonds is 6. The Morgan fingerprint density at radius 2 is 1.87 bits per heavy atom. The molecule has 1 amide bonds. The summed E-state index contributed by atoms with van der Waals surface area (Å²) in [6.45, 7) is 4.48. The third-order valence-corrected chi connectivity index (χ3v) is 3.88. The molecule has 2 rings (SSSR count). The number of hydrogen-bond donors (Lipinski definition) is 0. The van der Waals surface area contributed by atoms with E-state index in [-0.39, 0.29) is 11.9 Å². The van der Waals surface area contributed by atoms with Crippen LogP contribution in [0.5, 0.6) is 0 Å². The first kappa shape index (κ1) is 17.2. The number of nitrogens with zero attached hydrogens (tertiary/aromatic N) is 3. The Morgan fingerprint density at radius 3 is 2.39 bits per heavy atom. The van der Waals surface area contributed by atoms with Gasteiger partial charge < -0.3 is 9.42 Å². The second-order valence-electron chi connectivity index (χ2n) is 6.11. The zero-order valence-electron chi connectivity index (χ0n) is 14.5. The summed E-state index contributed by atoms with van der Waals surface area (Å²) in [5, 5.41) is 3.97. The van der Waals surface area contributed by atoms with Gasteiger partial charge in [0.15, 0.2) is 5.76 Å². The van der Waals surface area contributed by atoms with Gasteiger partial charge >= 0.3 is 0 Å². The van der Waals surface area contributed by atoms with E-state index in [1.807, 2.05) is 63.2 Å². The number of likely N-dealkylation sites (N-methyl/N-ethyl adjacent to an activating group) is 2. The first-order valence-corrected chi connectivity index (χ1v) is 7.84. The maximum Gasteiger partial charge on any atom is 0.244 e. The Morgan fingerprint density at radius 1 is 1.22 bits per heavy atom.